The van der Waals surface area contributed by atoms with Gasteiger partial charge in [-0.15, -0.1) is 12.4 Å². The first kappa shape index (κ1) is 16.4. The van der Waals surface area contributed by atoms with E-state index in [4.69, 9.17) is 0 Å². The van der Waals surface area contributed by atoms with Crippen molar-refractivity contribution in [1.82, 2.24) is 10.0 Å². The van der Waals surface area contributed by atoms with E-state index in [9.17, 15) is 12.8 Å². The zero-order valence-corrected chi connectivity index (χ0v) is 12.1. The molecule has 2 rings (SSSR count). The van der Waals surface area contributed by atoms with Gasteiger partial charge in [-0.3, -0.25) is 0 Å². The summed E-state index contributed by atoms with van der Waals surface area (Å²) in [4.78, 5) is 0. The number of hydrogen-bond donors (Lipinski definition) is 2. The summed E-state index contributed by atoms with van der Waals surface area (Å²) in [6, 6.07) is 5.49. The fourth-order valence-corrected chi connectivity index (χ4v) is 3.47. The van der Waals surface area contributed by atoms with Gasteiger partial charge in [0, 0.05) is 12.6 Å². The molecule has 19 heavy (non-hydrogen) atoms. The van der Waals surface area contributed by atoms with E-state index >= 15 is 0 Å². The van der Waals surface area contributed by atoms with Crippen molar-refractivity contribution in [3.63, 3.8) is 0 Å². The lowest BCUT2D eigenvalue weighted by molar-refractivity contribution is 0.428. The number of halogens is 2. The minimum absolute atomic E-state index is 0. The van der Waals surface area contributed by atoms with Gasteiger partial charge in [-0.25, -0.2) is 17.5 Å². The van der Waals surface area contributed by atoms with E-state index in [-0.39, 0.29) is 30.0 Å². The molecular formula is C12H18ClFN2O2S. The van der Waals surface area contributed by atoms with E-state index < -0.39 is 10.0 Å². The fourth-order valence-electron chi connectivity index (χ4n) is 2.05. The molecule has 1 aromatic rings. The summed E-state index contributed by atoms with van der Waals surface area (Å²) in [6.07, 6.45) is 1.83. The molecule has 108 valence electrons. The average molecular weight is 309 g/mol. The van der Waals surface area contributed by atoms with Crippen LogP contribution in [0.15, 0.2) is 24.3 Å². The largest absolute Gasteiger partial charge is 0.315 e. The molecular weight excluding hydrogens is 291 g/mol. The van der Waals surface area contributed by atoms with E-state index in [2.05, 4.69) is 10.0 Å². The predicted molar refractivity (Wildman–Crippen MR) is 75.3 cm³/mol. The second-order valence-corrected chi connectivity index (χ2v) is 6.30. The van der Waals surface area contributed by atoms with Crippen molar-refractivity contribution in [2.75, 3.05) is 13.1 Å². The maximum atomic E-state index is 12.7. The molecule has 2 N–H and O–H groups in total. The minimum atomic E-state index is -3.36. The van der Waals surface area contributed by atoms with Gasteiger partial charge in [0.05, 0.1) is 5.75 Å². The number of rotatable bonds is 4. The van der Waals surface area contributed by atoms with Crippen molar-refractivity contribution in [1.29, 1.82) is 0 Å². The molecule has 0 spiro atoms. The van der Waals surface area contributed by atoms with Gasteiger partial charge in [0.25, 0.3) is 0 Å². The maximum Gasteiger partial charge on any atom is 0.216 e. The molecule has 1 aromatic carbocycles. The molecule has 0 radical (unpaired) electrons. The molecule has 0 bridgehead atoms. The molecule has 1 fully saturated rings. The highest BCUT2D eigenvalue weighted by atomic mass is 35.5. The topological polar surface area (TPSA) is 58.2 Å². The Hall–Kier alpha value is -0.690. The molecule has 0 unspecified atom stereocenters. The molecule has 1 aliphatic rings. The molecule has 0 aliphatic carbocycles. The molecule has 1 atom stereocenters. The van der Waals surface area contributed by atoms with Gasteiger partial charge in [-0.1, -0.05) is 12.1 Å². The molecule has 1 heterocycles. The van der Waals surface area contributed by atoms with Gasteiger partial charge in [-0.2, -0.15) is 0 Å². The van der Waals surface area contributed by atoms with Crippen molar-refractivity contribution in [2.24, 2.45) is 0 Å². The molecule has 1 aliphatic heterocycles. The third kappa shape index (κ3) is 5.44. The quantitative estimate of drug-likeness (QED) is 0.884. The number of sulfonamides is 1. The van der Waals surface area contributed by atoms with Crippen molar-refractivity contribution in [3.05, 3.63) is 35.6 Å². The van der Waals surface area contributed by atoms with Gasteiger partial charge >= 0.3 is 0 Å². The van der Waals surface area contributed by atoms with Crippen LogP contribution in [0, 0.1) is 5.82 Å². The first-order chi connectivity index (χ1) is 8.55. The number of nitrogens with one attached hydrogen (secondary N) is 2. The van der Waals surface area contributed by atoms with Gasteiger partial charge < -0.3 is 5.32 Å². The molecule has 0 amide bonds. The number of benzene rings is 1. The van der Waals surface area contributed by atoms with E-state index in [0.29, 0.717) is 12.1 Å². The Bertz CT molecular complexity index is 487. The lowest BCUT2D eigenvalue weighted by Crippen LogP contribution is -2.45. The van der Waals surface area contributed by atoms with Gasteiger partial charge in [-0.05, 0) is 37.1 Å². The lowest BCUT2D eigenvalue weighted by atomic mass is 10.1. The normalized spacial score (nSPS) is 19.7. The minimum Gasteiger partial charge on any atom is -0.315 e. The van der Waals surface area contributed by atoms with Crippen LogP contribution in [0.2, 0.25) is 0 Å². The zero-order valence-electron chi connectivity index (χ0n) is 10.4. The maximum absolute atomic E-state index is 12.7. The number of piperidine rings is 1. The van der Waals surface area contributed by atoms with Crippen LogP contribution in [0.1, 0.15) is 18.4 Å². The second kappa shape index (κ2) is 7.19. The summed E-state index contributed by atoms with van der Waals surface area (Å²) in [5.74, 6) is -0.468. The predicted octanol–water partition coefficient (Wildman–Crippen LogP) is 1.42. The Morgan fingerprint density at radius 1 is 1.32 bits per heavy atom. The van der Waals surface area contributed by atoms with Gasteiger partial charge in [0.15, 0.2) is 0 Å². The molecule has 4 nitrogen and oxygen atoms in total. The summed E-state index contributed by atoms with van der Waals surface area (Å²) in [6.45, 7) is 1.61. The summed E-state index contributed by atoms with van der Waals surface area (Å²) >= 11 is 0. The Balaban J connectivity index is 0.00000180. The van der Waals surface area contributed by atoms with Crippen molar-refractivity contribution in [3.8, 4) is 0 Å². The summed E-state index contributed by atoms with van der Waals surface area (Å²) in [7, 11) is -3.36. The first-order valence-corrected chi connectivity index (χ1v) is 7.65. The van der Waals surface area contributed by atoms with Crippen LogP contribution in [0.4, 0.5) is 4.39 Å². The highest BCUT2D eigenvalue weighted by molar-refractivity contribution is 7.88. The van der Waals surface area contributed by atoms with Crippen LogP contribution < -0.4 is 10.0 Å². The summed E-state index contributed by atoms with van der Waals surface area (Å²) in [5.41, 5.74) is 0.590. The summed E-state index contributed by atoms with van der Waals surface area (Å²) < 4.78 is 39.2. The highest BCUT2D eigenvalue weighted by Crippen LogP contribution is 2.09. The lowest BCUT2D eigenvalue weighted by Gasteiger charge is -2.23. The van der Waals surface area contributed by atoms with E-state index in [1.54, 1.807) is 0 Å². The van der Waals surface area contributed by atoms with Crippen LogP contribution >= 0.6 is 12.4 Å². The Labute approximate surface area is 119 Å². The summed E-state index contributed by atoms with van der Waals surface area (Å²) in [5, 5.41) is 3.15. The van der Waals surface area contributed by atoms with Gasteiger partial charge in [0.2, 0.25) is 10.0 Å². The second-order valence-electron chi connectivity index (χ2n) is 4.55. The molecule has 7 heteroatoms. The number of hydrogen-bond acceptors (Lipinski definition) is 3. The van der Waals surface area contributed by atoms with Crippen LogP contribution in [0.25, 0.3) is 0 Å². The monoisotopic (exact) mass is 308 g/mol. The van der Waals surface area contributed by atoms with Crippen LogP contribution in [-0.2, 0) is 15.8 Å². The van der Waals surface area contributed by atoms with E-state index in [0.717, 1.165) is 19.4 Å². The Morgan fingerprint density at radius 3 is 2.58 bits per heavy atom. The SMILES string of the molecule is Cl.O=S(=O)(Cc1ccc(F)cc1)N[C@@H]1CCCNC1. The smallest absolute Gasteiger partial charge is 0.216 e. The average Bonchev–Trinajstić information content (AvgIpc) is 2.32. The zero-order chi connectivity index (χ0) is 13.0. The van der Waals surface area contributed by atoms with Crippen molar-refractivity contribution >= 4 is 22.4 Å². The Kier molecular flexibility index (Phi) is 6.19. The van der Waals surface area contributed by atoms with Crippen LogP contribution in [-0.4, -0.2) is 27.5 Å². The Morgan fingerprint density at radius 2 is 2.00 bits per heavy atom. The van der Waals surface area contributed by atoms with Crippen LogP contribution in [0.3, 0.4) is 0 Å². The third-order valence-electron chi connectivity index (χ3n) is 2.91. The van der Waals surface area contributed by atoms with E-state index in [1.807, 2.05) is 0 Å². The fraction of sp³-hybridized carbons (Fsp3) is 0.500. The van der Waals surface area contributed by atoms with Crippen LogP contribution in [0.5, 0.6) is 0 Å². The third-order valence-corrected chi connectivity index (χ3v) is 4.32. The van der Waals surface area contributed by atoms with E-state index in [1.165, 1.54) is 24.3 Å². The van der Waals surface area contributed by atoms with Crippen molar-refractivity contribution in [2.45, 2.75) is 24.6 Å². The molecule has 0 saturated carbocycles. The highest BCUT2D eigenvalue weighted by Gasteiger charge is 2.20. The standard InChI is InChI=1S/C12H17FN2O2S.ClH/c13-11-5-3-10(4-6-11)9-18(16,17)15-12-2-1-7-14-8-12;/h3-6,12,14-15H,1-2,7-9H2;1H/t12-;/m1./s1. The van der Waals surface area contributed by atoms with Gasteiger partial charge in [0.1, 0.15) is 5.82 Å². The molecule has 0 aromatic heterocycles. The molecule has 1 saturated heterocycles. The van der Waals surface area contributed by atoms with Crippen molar-refractivity contribution < 1.29 is 12.8 Å². The first-order valence-electron chi connectivity index (χ1n) is 6.00.